The molecule has 4 rings (SSSR count). The molecule has 6 nitrogen and oxygen atoms in total. The highest BCUT2D eigenvalue weighted by atomic mass is 16.2. The van der Waals surface area contributed by atoms with Gasteiger partial charge in [0.25, 0.3) is 0 Å². The number of nitrogens with zero attached hydrogens (tertiary/aromatic N) is 2. The molecule has 1 aromatic heterocycles. The first-order valence-electron chi connectivity index (χ1n) is 9.88. The number of aromatic nitrogens is 1. The van der Waals surface area contributed by atoms with E-state index in [2.05, 4.69) is 27.8 Å². The SMILES string of the molecule is O=C(NCC1CC(=O)N(CCc2ccccc2)C1)Nc1cccc2cnccc12. The summed E-state index contributed by atoms with van der Waals surface area (Å²) < 4.78 is 0. The van der Waals surface area contributed by atoms with E-state index in [1.165, 1.54) is 5.56 Å². The van der Waals surface area contributed by atoms with E-state index in [1.54, 1.807) is 12.4 Å². The van der Waals surface area contributed by atoms with E-state index in [-0.39, 0.29) is 17.9 Å². The number of pyridine rings is 1. The molecular weight excluding hydrogens is 364 g/mol. The fourth-order valence-electron chi connectivity index (χ4n) is 3.75. The van der Waals surface area contributed by atoms with E-state index in [9.17, 15) is 9.59 Å². The summed E-state index contributed by atoms with van der Waals surface area (Å²) in [5, 5.41) is 7.73. The van der Waals surface area contributed by atoms with Crippen LogP contribution in [0.4, 0.5) is 10.5 Å². The maximum atomic E-state index is 12.4. The highest BCUT2D eigenvalue weighted by Gasteiger charge is 2.29. The van der Waals surface area contributed by atoms with Crippen molar-refractivity contribution in [2.75, 3.05) is 25.0 Å². The van der Waals surface area contributed by atoms with Crippen molar-refractivity contribution in [3.05, 3.63) is 72.6 Å². The number of carbonyl (C=O) groups is 2. The second kappa shape index (κ2) is 8.73. The van der Waals surface area contributed by atoms with Gasteiger partial charge in [-0.3, -0.25) is 9.78 Å². The monoisotopic (exact) mass is 388 g/mol. The zero-order valence-corrected chi connectivity index (χ0v) is 16.2. The lowest BCUT2D eigenvalue weighted by molar-refractivity contribution is -0.127. The summed E-state index contributed by atoms with van der Waals surface area (Å²) in [6.07, 6.45) is 4.81. The summed E-state index contributed by atoms with van der Waals surface area (Å²) in [6, 6.07) is 17.5. The average molecular weight is 388 g/mol. The van der Waals surface area contributed by atoms with E-state index in [0.717, 1.165) is 29.4 Å². The van der Waals surface area contributed by atoms with Crippen molar-refractivity contribution in [1.29, 1.82) is 0 Å². The van der Waals surface area contributed by atoms with Crippen molar-refractivity contribution >= 4 is 28.4 Å². The number of amides is 3. The van der Waals surface area contributed by atoms with Gasteiger partial charge >= 0.3 is 6.03 Å². The highest BCUT2D eigenvalue weighted by Crippen LogP contribution is 2.22. The molecule has 1 atom stereocenters. The second-order valence-corrected chi connectivity index (χ2v) is 7.38. The van der Waals surface area contributed by atoms with E-state index in [4.69, 9.17) is 0 Å². The minimum atomic E-state index is -0.260. The van der Waals surface area contributed by atoms with E-state index < -0.39 is 0 Å². The molecule has 0 saturated carbocycles. The zero-order chi connectivity index (χ0) is 20.1. The fourth-order valence-corrected chi connectivity index (χ4v) is 3.75. The van der Waals surface area contributed by atoms with Crippen LogP contribution in [0.2, 0.25) is 0 Å². The van der Waals surface area contributed by atoms with Crippen molar-refractivity contribution < 1.29 is 9.59 Å². The minimum Gasteiger partial charge on any atom is -0.342 e. The lowest BCUT2D eigenvalue weighted by Crippen LogP contribution is -2.34. The van der Waals surface area contributed by atoms with Crippen LogP contribution in [0.25, 0.3) is 10.8 Å². The molecule has 1 aliphatic heterocycles. The predicted molar refractivity (Wildman–Crippen MR) is 114 cm³/mol. The number of hydrogen-bond donors (Lipinski definition) is 2. The summed E-state index contributed by atoms with van der Waals surface area (Å²) in [7, 11) is 0. The summed E-state index contributed by atoms with van der Waals surface area (Å²) in [5.41, 5.74) is 1.97. The Morgan fingerprint density at radius 1 is 1.10 bits per heavy atom. The van der Waals surface area contributed by atoms with Crippen LogP contribution >= 0.6 is 0 Å². The Kier molecular flexibility index (Phi) is 5.70. The number of rotatable bonds is 6. The van der Waals surface area contributed by atoms with Crippen LogP contribution in [-0.2, 0) is 11.2 Å². The number of carbonyl (C=O) groups excluding carboxylic acids is 2. The molecule has 0 bridgehead atoms. The van der Waals surface area contributed by atoms with Crippen molar-refractivity contribution in [1.82, 2.24) is 15.2 Å². The Labute approximate surface area is 169 Å². The highest BCUT2D eigenvalue weighted by molar-refractivity contribution is 6.01. The molecule has 0 aliphatic carbocycles. The number of benzene rings is 2. The number of urea groups is 1. The lowest BCUT2D eigenvalue weighted by Gasteiger charge is -2.17. The Hall–Kier alpha value is -3.41. The van der Waals surface area contributed by atoms with E-state index in [0.29, 0.717) is 19.5 Å². The van der Waals surface area contributed by atoms with Crippen molar-refractivity contribution in [3.63, 3.8) is 0 Å². The van der Waals surface area contributed by atoms with Gasteiger partial charge in [0.2, 0.25) is 5.91 Å². The molecule has 1 fully saturated rings. The first-order valence-corrected chi connectivity index (χ1v) is 9.88. The van der Waals surface area contributed by atoms with Gasteiger partial charge in [0.1, 0.15) is 0 Å². The number of nitrogens with one attached hydrogen (secondary N) is 2. The predicted octanol–water partition coefficient (Wildman–Crippen LogP) is 3.45. The number of fused-ring (bicyclic) bond motifs is 1. The molecule has 0 radical (unpaired) electrons. The number of anilines is 1. The van der Waals surface area contributed by atoms with Crippen LogP contribution in [-0.4, -0.2) is 41.5 Å². The summed E-state index contributed by atoms with van der Waals surface area (Å²) in [6.45, 7) is 1.88. The van der Waals surface area contributed by atoms with Gasteiger partial charge < -0.3 is 15.5 Å². The van der Waals surface area contributed by atoms with Crippen molar-refractivity contribution in [3.8, 4) is 0 Å². The molecule has 6 heteroatoms. The fraction of sp³-hybridized carbons (Fsp3) is 0.261. The summed E-state index contributed by atoms with van der Waals surface area (Å²) in [4.78, 5) is 30.6. The van der Waals surface area contributed by atoms with Gasteiger partial charge in [-0.1, -0.05) is 42.5 Å². The van der Waals surface area contributed by atoms with Crippen LogP contribution in [0.1, 0.15) is 12.0 Å². The van der Waals surface area contributed by atoms with Gasteiger partial charge in [-0.25, -0.2) is 4.79 Å². The molecule has 1 unspecified atom stereocenters. The maximum absolute atomic E-state index is 12.4. The van der Waals surface area contributed by atoms with Crippen molar-refractivity contribution in [2.45, 2.75) is 12.8 Å². The van der Waals surface area contributed by atoms with Gasteiger partial charge in [0.05, 0.1) is 5.69 Å². The molecule has 3 aromatic rings. The molecule has 0 spiro atoms. The molecule has 2 heterocycles. The van der Waals surface area contributed by atoms with Crippen LogP contribution in [0.3, 0.4) is 0 Å². The number of hydrogen-bond acceptors (Lipinski definition) is 3. The maximum Gasteiger partial charge on any atom is 0.319 e. The Balaban J connectivity index is 1.27. The molecule has 1 aliphatic rings. The second-order valence-electron chi connectivity index (χ2n) is 7.38. The largest absolute Gasteiger partial charge is 0.342 e. The summed E-state index contributed by atoms with van der Waals surface area (Å²) in [5.74, 6) is 0.301. The van der Waals surface area contributed by atoms with Gasteiger partial charge in [-0.2, -0.15) is 0 Å². The molecule has 3 amide bonds. The molecular formula is C23H24N4O2. The summed E-state index contributed by atoms with van der Waals surface area (Å²) >= 11 is 0. The van der Waals surface area contributed by atoms with Gasteiger partial charge in [0, 0.05) is 55.1 Å². The third kappa shape index (κ3) is 4.71. The third-order valence-electron chi connectivity index (χ3n) is 5.29. The van der Waals surface area contributed by atoms with Crippen LogP contribution in [0, 0.1) is 5.92 Å². The Bertz CT molecular complexity index is 1000. The first-order chi connectivity index (χ1) is 14.2. The minimum absolute atomic E-state index is 0.140. The molecule has 148 valence electrons. The normalized spacial score (nSPS) is 16.2. The average Bonchev–Trinajstić information content (AvgIpc) is 3.11. The molecule has 2 aromatic carbocycles. The van der Waals surface area contributed by atoms with Gasteiger partial charge in [-0.15, -0.1) is 0 Å². The quantitative estimate of drug-likeness (QED) is 0.679. The van der Waals surface area contributed by atoms with Crippen LogP contribution < -0.4 is 10.6 Å². The van der Waals surface area contributed by atoms with Gasteiger partial charge in [-0.05, 0) is 24.1 Å². The smallest absolute Gasteiger partial charge is 0.319 e. The zero-order valence-electron chi connectivity index (χ0n) is 16.2. The standard InChI is InChI=1S/C23H24N4O2/c28-22-13-18(16-27(22)12-10-17-5-2-1-3-6-17)14-25-23(29)26-21-8-4-7-19-15-24-11-9-20(19)21/h1-9,11,15,18H,10,12-14,16H2,(H2,25,26,29). The van der Waals surface area contributed by atoms with Crippen molar-refractivity contribution in [2.24, 2.45) is 5.92 Å². The molecule has 2 N–H and O–H groups in total. The Morgan fingerprint density at radius 3 is 2.83 bits per heavy atom. The third-order valence-corrected chi connectivity index (χ3v) is 5.29. The molecule has 1 saturated heterocycles. The van der Waals surface area contributed by atoms with Gasteiger partial charge in [0.15, 0.2) is 0 Å². The first kappa shape index (κ1) is 18.9. The van der Waals surface area contributed by atoms with Crippen LogP contribution in [0.15, 0.2) is 67.0 Å². The number of likely N-dealkylation sites (tertiary alicyclic amines) is 1. The van der Waals surface area contributed by atoms with Crippen LogP contribution in [0.5, 0.6) is 0 Å². The topological polar surface area (TPSA) is 74.3 Å². The lowest BCUT2D eigenvalue weighted by atomic mass is 10.1. The van der Waals surface area contributed by atoms with E-state index >= 15 is 0 Å². The molecule has 29 heavy (non-hydrogen) atoms. The van der Waals surface area contributed by atoms with E-state index in [1.807, 2.05) is 47.4 Å². The Morgan fingerprint density at radius 2 is 1.97 bits per heavy atom.